The molecule has 6 nitrogen and oxygen atoms in total. The Balaban J connectivity index is 1.58. The minimum Gasteiger partial charge on any atom is -0.461 e. The van der Waals surface area contributed by atoms with E-state index in [-0.39, 0.29) is 6.79 Å². The maximum absolute atomic E-state index is 5.45. The van der Waals surface area contributed by atoms with Crippen LogP contribution < -0.4 is 9.47 Å². The van der Waals surface area contributed by atoms with Crippen molar-refractivity contribution in [1.29, 1.82) is 0 Å². The number of ether oxygens (including phenoxy) is 2. The molecule has 0 atom stereocenters. The average Bonchev–Trinajstić information content (AvgIpc) is 3.33. The fraction of sp³-hybridized carbons (Fsp3) is 0.176. The number of furan rings is 1. The van der Waals surface area contributed by atoms with Crippen LogP contribution in [0.3, 0.4) is 0 Å². The summed E-state index contributed by atoms with van der Waals surface area (Å²) in [6, 6.07) is 7.62. The van der Waals surface area contributed by atoms with Crippen LogP contribution in [0.15, 0.2) is 57.2 Å². The van der Waals surface area contributed by atoms with E-state index in [0.29, 0.717) is 23.9 Å². The third kappa shape index (κ3) is 3.19. The number of benzene rings is 1. The predicted octanol–water partition coefficient (Wildman–Crippen LogP) is 4.51. The summed E-state index contributed by atoms with van der Waals surface area (Å²) in [4.78, 5) is 0. The highest BCUT2D eigenvalue weighted by Gasteiger charge is 2.19. The summed E-state index contributed by atoms with van der Waals surface area (Å²) in [6.07, 6.45) is 3.44. The first-order valence-electron chi connectivity index (χ1n) is 7.55. The third-order valence-corrected chi connectivity index (χ3v) is 5.42. The molecule has 128 valence electrons. The van der Waals surface area contributed by atoms with Crippen molar-refractivity contribution in [3.8, 4) is 23.1 Å². The lowest BCUT2D eigenvalue weighted by Crippen LogP contribution is -2.00. The minimum atomic E-state index is 0.262. The number of hydrogen-bond acceptors (Lipinski definition) is 6. The number of thioether (sulfide) groups is 1. The zero-order valence-corrected chi connectivity index (χ0v) is 15.5. The molecule has 8 heteroatoms. The van der Waals surface area contributed by atoms with Crippen LogP contribution in [0, 0.1) is 0 Å². The molecule has 0 unspecified atom stereocenters. The van der Waals surface area contributed by atoms with Crippen LogP contribution in [-0.4, -0.2) is 21.6 Å². The summed E-state index contributed by atoms with van der Waals surface area (Å²) in [7, 11) is 0. The average molecular weight is 420 g/mol. The molecule has 0 bridgehead atoms. The number of halogens is 1. The molecule has 1 aliphatic rings. The Kier molecular flexibility index (Phi) is 4.54. The Bertz CT molecular complexity index is 908. The van der Waals surface area contributed by atoms with Crippen molar-refractivity contribution in [1.82, 2.24) is 14.8 Å². The van der Waals surface area contributed by atoms with Crippen LogP contribution in [-0.2, 0) is 12.3 Å². The van der Waals surface area contributed by atoms with Crippen molar-refractivity contribution < 1.29 is 13.9 Å². The number of rotatable bonds is 6. The molecule has 0 amide bonds. The van der Waals surface area contributed by atoms with Crippen molar-refractivity contribution in [2.45, 2.75) is 17.5 Å². The van der Waals surface area contributed by atoms with Gasteiger partial charge < -0.3 is 13.9 Å². The molecule has 25 heavy (non-hydrogen) atoms. The van der Waals surface area contributed by atoms with Crippen LogP contribution in [0.1, 0.15) is 5.56 Å². The van der Waals surface area contributed by atoms with E-state index in [9.17, 15) is 0 Å². The summed E-state index contributed by atoms with van der Waals surface area (Å²) < 4.78 is 19.2. The highest BCUT2D eigenvalue weighted by atomic mass is 79.9. The molecule has 0 aliphatic carbocycles. The van der Waals surface area contributed by atoms with E-state index in [2.05, 4.69) is 32.7 Å². The number of aromatic nitrogens is 3. The molecule has 0 N–H and O–H groups in total. The molecule has 3 heterocycles. The van der Waals surface area contributed by atoms with Gasteiger partial charge in [0.05, 0.1) is 6.26 Å². The van der Waals surface area contributed by atoms with E-state index in [1.807, 2.05) is 34.9 Å². The number of allylic oxidation sites excluding steroid dienone is 1. The molecule has 0 radical (unpaired) electrons. The summed E-state index contributed by atoms with van der Waals surface area (Å²) in [5.74, 6) is 3.62. The van der Waals surface area contributed by atoms with Gasteiger partial charge in [0.2, 0.25) is 12.6 Å². The van der Waals surface area contributed by atoms with Gasteiger partial charge >= 0.3 is 0 Å². The quantitative estimate of drug-likeness (QED) is 0.432. The zero-order valence-electron chi connectivity index (χ0n) is 13.1. The van der Waals surface area contributed by atoms with Crippen LogP contribution in [0.25, 0.3) is 11.6 Å². The van der Waals surface area contributed by atoms with Gasteiger partial charge in [-0.25, -0.2) is 0 Å². The van der Waals surface area contributed by atoms with Crippen LogP contribution in [0.5, 0.6) is 11.5 Å². The van der Waals surface area contributed by atoms with Crippen LogP contribution in [0.4, 0.5) is 0 Å². The smallest absolute Gasteiger partial charge is 0.231 e. The van der Waals surface area contributed by atoms with Gasteiger partial charge in [0.1, 0.15) is 0 Å². The maximum atomic E-state index is 5.45. The van der Waals surface area contributed by atoms with Gasteiger partial charge in [0.15, 0.2) is 22.4 Å². The largest absolute Gasteiger partial charge is 0.461 e. The van der Waals surface area contributed by atoms with E-state index < -0.39 is 0 Å². The number of fused-ring (bicyclic) bond motifs is 1. The second-order valence-electron chi connectivity index (χ2n) is 5.27. The second kappa shape index (κ2) is 6.97. The SMILES string of the molecule is C=CCn1c(SCc2cc3c(cc2Br)OCO3)nnc1-c1ccco1. The molecule has 4 rings (SSSR count). The van der Waals surface area contributed by atoms with E-state index >= 15 is 0 Å². The topological polar surface area (TPSA) is 62.3 Å². The molecule has 3 aromatic rings. The Labute approximate surface area is 157 Å². The second-order valence-corrected chi connectivity index (χ2v) is 7.07. The Morgan fingerprint density at radius 3 is 2.88 bits per heavy atom. The van der Waals surface area contributed by atoms with Gasteiger partial charge in [-0.2, -0.15) is 0 Å². The van der Waals surface area contributed by atoms with E-state index in [1.54, 1.807) is 18.0 Å². The molecule has 1 aromatic carbocycles. The number of nitrogens with zero attached hydrogens (tertiary/aromatic N) is 3. The fourth-order valence-electron chi connectivity index (χ4n) is 2.49. The van der Waals surface area contributed by atoms with Gasteiger partial charge in [0, 0.05) is 16.8 Å². The molecular formula is C17H14BrN3O3S. The van der Waals surface area contributed by atoms with E-state index in [0.717, 1.165) is 26.7 Å². The van der Waals surface area contributed by atoms with Gasteiger partial charge in [-0.3, -0.25) is 4.57 Å². The molecule has 1 aliphatic heterocycles. The Morgan fingerprint density at radius 1 is 1.28 bits per heavy atom. The summed E-state index contributed by atoms with van der Waals surface area (Å²) in [5, 5.41) is 9.37. The highest BCUT2D eigenvalue weighted by Crippen LogP contribution is 2.39. The summed E-state index contributed by atoms with van der Waals surface area (Å²) >= 11 is 5.18. The van der Waals surface area contributed by atoms with Crippen molar-refractivity contribution in [2.75, 3.05) is 6.79 Å². The standard InChI is InChI=1S/C17H14BrN3O3S/c1-2-5-21-16(13-4-3-6-22-13)19-20-17(21)25-9-11-7-14-15(8-12(11)18)24-10-23-14/h2-4,6-8H,1,5,9-10H2. The zero-order chi connectivity index (χ0) is 17.2. The predicted molar refractivity (Wildman–Crippen MR) is 97.7 cm³/mol. The monoisotopic (exact) mass is 419 g/mol. The molecule has 0 fully saturated rings. The molecule has 2 aromatic heterocycles. The third-order valence-electron chi connectivity index (χ3n) is 3.67. The Hall–Kier alpha value is -2.19. The molecule has 0 saturated carbocycles. The Morgan fingerprint density at radius 2 is 2.12 bits per heavy atom. The summed E-state index contributed by atoms with van der Waals surface area (Å²) in [6.45, 7) is 4.68. The first-order valence-corrected chi connectivity index (χ1v) is 9.33. The van der Waals surface area contributed by atoms with Gasteiger partial charge in [-0.1, -0.05) is 33.8 Å². The van der Waals surface area contributed by atoms with Gasteiger partial charge in [-0.05, 0) is 29.8 Å². The van der Waals surface area contributed by atoms with Crippen LogP contribution in [0.2, 0.25) is 0 Å². The molecule has 0 spiro atoms. The summed E-state index contributed by atoms with van der Waals surface area (Å²) in [5.41, 5.74) is 1.10. The lowest BCUT2D eigenvalue weighted by atomic mass is 10.2. The van der Waals surface area contributed by atoms with Crippen molar-refractivity contribution >= 4 is 27.7 Å². The van der Waals surface area contributed by atoms with Gasteiger partial charge in [-0.15, -0.1) is 16.8 Å². The van der Waals surface area contributed by atoms with Crippen molar-refractivity contribution in [3.05, 3.63) is 53.2 Å². The lowest BCUT2D eigenvalue weighted by molar-refractivity contribution is 0.174. The van der Waals surface area contributed by atoms with E-state index in [4.69, 9.17) is 13.9 Å². The lowest BCUT2D eigenvalue weighted by Gasteiger charge is -2.08. The van der Waals surface area contributed by atoms with Crippen molar-refractivity contribution in [2.24, 2.45) is 0 Å². The minimum absolute atomic E-state index is 0.262. The highest BCUT2D eigenvalue weighted by molar-refractivity contribution is 9.10. The first kappa shape index (κ1) is 16.3. The fourth-order valence-corrected chi connectivity index (χ4v) is 4.08. The van der Waals surface area contributed by atoms with E-state index in [1.165, 1.54) is 0 Å². The molecule has 0 saturated heterocycles. The van der Waals surface area contributed by atoms with Gasteiger partial charge in [0.25, 0.3) is 0 Å². The molecular weight excluding hydrogens is 406 g/mol. The maximum Gasteiger partial charge on any atom is 0.231 e. The number of hydrogen-bond donors (Lipinski definition) is 0. The normalized spacial score (nSPS) is 12.5. The first-order chi connectivity index (χ1) is 12.3. The van der Waals surface area contributed by atoms with Crippen LogP contribution >= 0.6 is 27.7 Å². The van der Waals surface area contributed by atoms with Crippen molar-refractivity contribution in [3.63, 3.8) is 0 Å².